The van der Waals surface area contributed by atoms with E-state index in [2.05, 4.69) is 15.2 Å². The van der Waals surface area contributed by atoms with Crippen LogP contribution in [0.2, 0.25) is 0 Å². The lowest BCUT2D eigenvalue weighted by atomic mass is 10.0. The number of methoxy groups -OCH3 is 1. The number of fused-ring (bicyclic) bond motifs is 1. The number of halogens is 1. The SMILES string of the molecule is COc1ccnc(CN2CCN(c3cc4c(cc3F)C(=O)N(C3CCC(=O)NC3=O)C4)CC2)c1. The molecule has 0 radical (unpaired) electrons. The summed E-state index contributed by atoms with van der Waals surface area (Å²) in [7, 11) is 1.63. The summed E-state index contributed by atoms with van der Waals surface area (Å²) in [6.07, 6.45) is 2.19. The van der Waals surface area contributed by atoms with Crippen molar-refractivity contribution in [2.24, 2.45) is 0 Å². The van der Waals surface area contributed by atoms with Crippen molar-refractivity contribution in [2.45, 2.75) is 32.0 Å². The number of nitrogens with zero attached hydrogens (tertiary/aromatic N) is 4. The summed E-state index contributed by atoms with van der Waals surface area (Å²) in [5, 5.41) is 2.29. The van der Waals surface area contributed by atoms with E-state index in [0.29, 0.717) is 30.9 Å². The van der Waals surface area contributed by atoms with E-state index in [9.17, 15) is 14.4 Å². The number of rotatable bonds is 5. The number of carbonyl (C=O) groups excluding carboxylic acids is 3. The summed E-state index contributed by atoms with van der Waals surface area (Å²) in [5.74, 6) is -0.852. The predicted molar refractivity (Wildman–Crippen MR) is 121 cm³/mol. The number of ether oxygens (including phenoxy) is 1. The molecule has 10 heteroatoms. The lowest BCUT2D eigenvalue weighted by Crippen LogP contribution is -2.52. The van der Waals surface area contributed by atoms with Crippen molar-refractivity contribution in [3.8, 4) is 5.75 Å². The number of benzene rings is 1. The van der Waals surface area contributed by atoms with E-state index in [4.69, 9.17) is 4.74 Å². The summed E-state index contributed by atoms with van der Waals surface area (Å²) in [4.78, 5) is 46.7. The van der Waals surface area contributed by atoms with Gasteiger partial charge in [0.15, 0.2) is 0 Å². The fourth-order valence-electron chi connectivity index (χ4n) is 4.86. The highest BCUT2D eigenvalue weighted by Crippen LogP contribution is 2.33. The molecule has 0 spiro atoms. The van der Waals surface area contributed by atoms with Crippen LogP contribution in [0.5, 0.6) is 5.75 Å². The van der Waals surface area contributed by atoms with Gasteiger partial charge in [0.1, 0.15) is 17.6 Å². The fraction of sp³-hybridized carbons (Fsp3) is 0.417. The minimum Gasteiger partial charge on any atom is -0.497 e. The molecule has 2 aromatic rings. The summed E-state index contributed by atoms with van der Waals surface area (Å²) >= 11 is 0. The molecule has 1 atom stereocenters. The number of piperidine rings is 1. The molecular weight excluding hydrogens is 441 g/mol. The van der Waals surface area contributed by atoms with Gasteiger partial charge in [-0.2, -0.15) is 0 Å². The minimum atomic E-state index is -0.710. The van der Waals surface area contributed by atoms with Gasteiger partial charge in [-0.25, -0.2) is 4.39 Å². The molecular formula is C24H26FN5O4. The Hall–Kier alpha value is -3.53. The molecule has 9 nitrogen and oxygen atoms in total. The first kappa shape index (κ1) is 22.3. The largest absolute Gasteiger partial charge is 0.497 e. The van der Waals surface area contributed by atoms with E-state index >= 15 is 4.39 Å². The summed E-state index contributed by atoms with van der Waals surface area (Å²) < 4.78 is 20.3. The first-order chi connectivity index (χ1) is 16.4. The van der Waals surface area contributed by atoms with Gasteiger partial charge in [0.2, 0.25) is 11.8 Å². The number of pyridine rings is 1. The van der Waals surface area contributed by atoms with E-state index in [1.807, 2.05) is 17.0 Å². The zero-order chi connectivity index (χ0) is 23.8. The Morgan fingerprint density at radius 3 is 2.68 bits per heavy atom. The number of hydrogen-bond donors (Lipinski definition) is 1. The van der Waals surface area contributed by atoms with Crippen LogP contribution in [0.3, 0.4) is 0 Å². The maximum atomic E-state index is 15.1. The standard InChI is InChI=1S/C24H26FN5O4/c1-34-17-4-5-26-16(11-17)14-28-6-8-29(9-7-28)21-10-15-13-30(24(33)18(15)12-19(21)25)20-2-3-22(31)27-23(20)32/h4-5,10-12,20H,2-3,6-9,13-14H2,1H3,(H,27,31,32). The van der Waals surface area contributed by atoms with Crippen LogP contribution in [0, 0.1) is 5.82 Å². The van der Waals surface area contributed by atoms with Crippen molar-refractivity contribution in [1.82, 2.24) is 20.1 Å². The Kier molecular flexibility index (Phi) is 5.91. The topological polar surface area (TPSA) is 95.1 Å². The molecule has 4 heterocycles. The Labute approximate surface area is 196 Å². The number of hydrogen-bond acceptors (Lipinski definition) is 7. The molecule has 5 rings (SSSR count). The Balaban J connectivity index is 1.26. The molecule has 0 aliphatic carbocycles. The summed E-state index contributed by atoms with van der Waals surface area (Å²) in [6, 6.07) is 6.03. The average molecular weight is 468 g/mol. The van der Waals surface area contributed by atoms with Crippen LogP contribution in [0.1, 0.15) is 34.5 Å². The normalized spacial score (nSPS) is 21.0. The first-order valence-electron chi connectivity index (χ1n) is 11.4. The molecule has 3 aliphatic rings. The van der Waals surface area contributed by atoms with Crippen molar-refractivity contribution in [3.05, 3.63) is 53.1 Å². The van der Waals surface area contributed by atoms with Crippen LogP contribution >= 0.6 is 0 Å². The van der Waals surface area contributed by atoms with Gasteiger partial charge >= 0.3 is 0 Å². The smallest absolute Gasteiger partial charge is 0.255 e. The number of amides is 3. The van der Waals surface area contributed by atoms with E-state index < -0.39 is 17.8 Å². The summed E-state index contributed by atoms with van der Waals surface area (Å²) in [6.45, 7) is 3.70. The van der Waals surface area contributed by atoms with Crippen LogP contribution in [-0.2, 0) is 22.7 Å². The number of aromatic nitrogens is 1. The van der Waals surface area contributed by atoms with Crippen LogP contribution in [0.15, 0.2) is 30.5 Å². The number of anilines is 1. The highest BCUT2D eigenvalue weighted by atomic mass is 19.1. The fourth-order valence-corrected chi connectivity index (χ4v) is 4.86. The number of nitrogens with one attached hydrogen (secondary N) is 1. The molecule has 34 heavy (non-hydrogen) atoms. The highest BCUT2D eigenvalue weighted by molar-refractivity contribution is 6.05. The molecule has 0 bridgehead atoms. The molecule has 1 aromatic carbocycles. The van der Waals surface area contributed by atoms with E-state index in [0.717, 1.165) is 24.5 Å². The molecule has 3 aliphatic heterocycles. The lowest BCUT2D eigenvalue weighted by Gasteiger charge is -2.36. The second kappa shape index (κ2) is 9.02. The zero-order valence-electron chi connectivity index (χ0n) is 18.9. The molecule has 3 amide bonds. The maximum Gasteiger partial charge on any atom is 0.255 e. The molecule has 1 N–H and O–H groups in total. The number of carbonyl (C=O) groups is 3. The molecule has 1 aromatic heterocycles. The Bertz CT molecular complexity index is 1150. The third-order valence-corrected chi connectivity index (χ3v) is 6.71. The minimum absolute atomic E-state index is 0.186. The molecule has 1 unspecified atom stereocenters. The van der Waals surface area contributed by atoms with Crippen molar-refractivity contribution in [2.75, 3.05) is 38.2 Å². The van der Waals surface area contributed by atoms with Crippen LogP contribution < -0.4 is 15.0 Å². The van der Waals surface area contributed by atoms with Gasteiger partial charge in [-0.15, -0.1) is 0 Å². The molecule has 2 saturated heterocycles. The van der Waals surface area contributed by atoms with E-state index in [1.165, 1.54) is 11.0 Å². The third kappa shape index (κ3) is 4.21. The molecule has 178 valence electrons. The molecule has 0 saturated carbocycles. The van der Waals surface area contributed by atoms with Gasteiger partial charge in [-0.1, -0.05) is 0 Å². The third-order valence-electron chi connectivity index (χ3n) is 6.71. The van der Waals surface area contributed by atoms with Crippen molar-refractivity contribution >= 4 is 23.4 Å². The van der Waals surface area contributed by atoms with E-state index in [-0.39, 0.29) is 36.8 Å². The van der Waals surface area contributed by atoms with Crippen LogP contribution in [0.4, 0.5) is 10.1 Å². The van der Waals surface area contributed by atoms with Gasteiger partial charge in [-0.3, -0.25) is 29.6 Å². The maximum absolute atomic E-state index is 15.1. The van der Waals surface area contributed by atoms with Gasteiger partial charge in [0.05, 0.1) is 18.5 Å². The molecule has 2 fully saturated rings. The number of imide groups is 1. The summed E-state index contributed by atoms with van der Waals surface area (Å²) in [5.41, 5.74) is 2.38. The first-order valence-corrected chi connectivity index (χ1v) is 11.4. The Morgan fingerprint density at radius 2 is 1.94 bits per heavy atom. The van der Waals surface area contributed by atoms with Crippen molar-refractivity contribution < 1.29 is 23.5 Å². The van der Waals surface area contributed by atoms with Gasteiger partial charge in [0, 0.05) is 63.5 Å². The van der Waals surface area contributed by atoms with Crippen molar-refractivity contribution in [3.63, 3.8) is 0 Å². The van der Waals surface area contributed by atoms with Crippen molar-refractivity contribution in [1.29, 1.82) is 0 Å². The average Bonchev–Trinajstić information content (AvgIpc) is 3.14. The Morgan fingerprint density at radius 1 is 1.15 bits per heavy atom. The second-order valence-corrected chi connectivity index (χ2v) is 8.81. The van der Waals surface area contributed by atoms with Gasteiger partial charge in [0.25, 0.3) is 5.91 Å². The van der Waals surface area contributed by atoms with Crippen LogP contribution in [0.25, 0.3) is 0 Å². The lowest BCUT2D eigenvalue weighted by molar-refractivity contribution is -0.136. The number of piperazine rings is 1. The van der Waals surface area contributed by atoms with Crippen LogP contribution in [-0.4, -0.2) is 71.8 Å². The predicted octanol–water partition coefficient (Wildman–Crippen LogP) is 1.31. The van der Waals surface area contributed by atoms with Gasteiger partial charge in [-0.05, 0) is 30.2 Å². The highest BCUT2D eigenvalue weighted by Gasteiger charge is 2.40. The van der Waals surface area contributed by atoms with E-state index in [1.54, 1.807) is 19.4 Å². The quantitative estimate of drug-likeness (QED) is 0.663. The van der Waals surface area contributed by atoms with Gasteiger partial charge < -0.3 is 14.5 Å². The second-order valence-electron chi connectivity index (χ2n) is 8.81. The monoisotopic (exact) mass is 467 g/mol. The zero-order valence-corrected chi connectivity index (χ0v) is 18.9.